The van der Waals surface area contributed by atoms with E-state index in [0.29, 0.717) is 0 Å². The fourth-order valence-electron chi connectivity index (χ4n) is 3.04. The number of aliphatic hydroxyl groups is 1. The Bertz CT molecular complexity index is 187. The summed E-state index contributed by atoms with van der Waals surface area (Å²) in [5.41, 5.74) is -0.336. The molecule has 0 aromatic rings. The lowest BCUT2D eigenvalue weighted by atomic mass is 9.96. The molecule has 2 heteroatoms. The zero-order valence-electron chi connectivity index (χ0n) is 9.34. The molecular formula is C12H23NO. The average molecular weight is 197 g/mol. The van der Waals surface area contributed by atoms with Gasteiger partial charge in [0, 0.05) is 13.1 Å². The average Bonchev–Trinajstić information content (AvgIpc) is 2.51. The molecule has 0 radical (unpaired) electrons. The van der Waals surface area contributed by atoms with Crippen molar-refractivity contribution in [1.82, 2.24) is 4.90 Å². The van der Waals surface area contributed by atoms with Gasteiger partial charge in [-0.25, -0.2) is 0 Å². The molecule has 1 saturated heterocycles. The van der Waals surface area contributed by atoms with E-state index in [9.17, 15) is 5.11 Å². The van der Waals surface area contributed by atoms with Gasteiger partial charge in [0.2, 0.25) is 0 Å². The molecule has 14 heavy (non-hydrogen) atoms. The van der Waals surface area contributed by atoms with Crippen LogP contribution in [0.15, 0.2) is 0 Å². The summed E-state index contributed by atoms with van der Waals surface area (Å²) in [6, 6.07) is 0. The van der Waals surface area contributed by atoms with Crippen molar-refractivity contribution < 1.29 is 5.11 Å². The lowest BCUT2D eigenvalue weighted by Crippen LogP contribution is -2.45. The summed E-state index contributed by atoms with van der Waals surface area (Å²) in [5.74, 6) is 0.828. The number of rotatable bonds is 2. The van der Waals surface area contributed by atoms with Crippen LogP contribution in [0.2, 0.25) is 0 Å². The second kappa shape index (κ2) is 4.19. The third-order valence-electron chi connectivity index (χ3n) is 3.79. The van der Waals surface area contributed by atoms with Crippen molar-refractivity contribution in [2.75, 3.05) is 19.6 Å². The summed E-state index contributed by atoms with van der Waals surface area (Å²) in [7, 11) is 0. The molecule has 0 aromatic carbocycles. The van der Waals surface area contributed by atoms with E-state index in [2.05, 4.69) is 11.8 Å². The molecule has 1 aliphatic carbocycles. The standard InChI is InChI=1S/C12H23NO/c1-11-5-4-8-13(9-11)10-12(14)6-2-3-7-12/h11,14H,2-10H2,1H3. The summed E-state index contributed by atoms with van der Waals surface area (Å²) in [6.07, 6.45) is 7.18. The second-order valence-electron chi connectivity index (χ2n) is 5.41. The van der Waals surface area contributed by atoms with E-state index in [0.717, 1.165) is 25.3 Å². The van der Waals surface area contributed by atoms with Gasteiger partial charge in [0.25, 0.3) is 0 Å². The van der Waals surface area contributed by atoms with Gasteiger partial charge in [0.1, 0.15) is 0 Å². The Morgan fingerprint density at radius 1 is 1.29 bits per heavy atom. The minimum absolute atomic E-state index is 0.336. The van der Waals surface area contributed by atoms with Crippen LogP contribution < -0.4 is 0 Å². The van der Waals surface area contributed by atoms with E-state index in [-0.39, 0.29) is 5.60 Å². The zero-order chi connectivity index (χ0) is 10.0. The van der Waals surface area contributed by atoms with Crippen molar-refractivity contribution in [2.45, 2.75) is 51.0 Å². The molecule has 82 valence electrons. The van der Waals surface area contributed by atoms with Crippen LogP contribution in [0.1, 0.15) is 45.4 Å². The number of likely N-dealkylation sites (tertiary alicyclic amines) is 1. The summed E-state index contributed by atoms with van der Waals surface area (Å²) in [6.45, 7) is 5.65. The van der Waals surface area contributed by atoms with Gasteiger partial charge in [-0.05, 0) is 38.1 Å². The van der Waals surface area contributed by atoms with Gasteiger partial charge in [-0.1, -0.05) is 19.8 Å². The number of nitrogens with zero attached hydrogens (tertiary/aromatic N) is 1. The van der Waals surface area contributed by atoms with Gasteiger partial charge < -0.3 is 10.0 Å². The third kappa shape index (κ3) is 2.48. The van der Waals surface area contributed by atoms with Crippen LogP contribution in [0.5, 0.6) is 0 Å². The smallest absolute Gasteiger partial charge is 0.0774 e. The zero-order valence-corrected chi connectivity index (χ0v) is 9.34. The quantitative estimate of drug-likeness (QED) is 0.732. The van der Waals surface area contributed by atoms with Crippen molar-refractivity contribution in [3.8, 4) is 0 Å². The first-order valence-electron chi connectivity index (χ1n) is 6.13. The largest absolute Gasteiger partial charge is 0.389 e. The van der Waals surface area contributed by atoms with Gasteiger partial charge in [0.15, 0.2) is 0 Å². The SMILES string of the molecule is CC1CCCN(CC2(O)CCCC2)C1. The molecule has 1 unspecified atom stereocenters. The topological polar surface area (TPSA) is 23.5 Å². The number of hydrogen-bond donors (Lipinski definition) is 1. The highest BCUT2D eigenvalue weighted by Crippen LogP contribution is 2.31. The first-order valence-corrected chi connectivity index (χ1v) is 6.13. The van der Waals surface area contributed by atoms with Gasteiger partial charge in [-0.15, -0.1) is 0 Å². The number of piperidine rings is 1. The summed E-state index contributed by atoms with van der Waals surface area (Å²) < 4.78 is 0. The molecule has 1 saturated carbocycles. The number of β-amino-alcohol motifs (C(OH)–C–C–N with tert-alkyl or cyclic N) is 1. The van der Waals surface area contributed by atoms with Crippen molar-refractivity contribution in [3.05, 3.63) is 0 Å². The molecule has 0 amide bonds. The summed E-state index contributed by atoms with van der Waals surface area (Å²) in [4.78, 5) is 2.47. The Kier molecular flexibility index (Phi) is 3.13. The maximum Gasteiger partial charge on any atom is 0.0774 e. The first kappa shape index (κ1) is 10.4. The molecule has 1 heterocycles. The van der Waals surface area contributed by atoms with Crippen LogP contribution in [-0.4, -0.2) is 35.2 Å². The molecule has 2 nitrogen and oxygen atoms in total. The predicted octanol–water partition coefficient (Wildman–Crippen LogP) is 2.02. The van der Waals surface area contributed by atoms with Gasteiger partial charge in [0.05, 0.1) is 5.60 Å². The molecule has 2 fully saturated rings. The Morgan fingerprint density at radius 3 is 2.64 bits per heavy atom. The molecule has 2 rings (SSSR count). The van der Waals surface area contributed by atoms with Crippen LogP contribution in [0.4, 0.5) is 0 Å². The van der Waals surface area contributed by atoms with Gasteiger partial charge in [-0.3, -0.25) is 0 Å². The Morgan fingerprint density at radius 2 is 2.00 bits per heavy atom. The molecule has 0 aromatic heterocycles. The van der Waals surface area contributed by atoms with Crippen molar-refractivity contribution >= 4 is 0 Å². The third-order valence-corrected chi connectivity index (χ3v) is 3.79. The Hall–Kier alpha value is -0.0800. The van der Waals surface area contributed by atoms with E-state index < -0.39 is 0 Å². The van der Waals surface area contributed by atoms with E-state index in [1.54, 1.807) is 0 Å². The van der Waals surface area contributed by atoms with Crippen molar-refractivity contribution in [1.29, 1.82) is 0 Å². The van der Waals surface area contributed by atoms with Crippen LogP contribution >= 0.6 is 0 Å². The maximum atomic E-state index is 10.3. The first-order chi connectivity index (χ1) is 6.68. The minimum atomic E-state index is -0.336. The molecule has 1 aliphatic heterocycles. The van der Waals surface area contributed by atoms with Crippen LogP contribution in [0.3, 0.4) is 0 Å². The summed E-state index contributed by atoms with van der Waals surface area (Å²) in [5, 5.41) is 10.3. The Balaban J connectivity index is 1.83. The Labute approximate surface area is 87.3 Å². The summed E-state index contributed by atoms with van der Waals surface area (Å²) >= 11 is 0. The number of hydrogen-bond acceptors (Lipinski definition) is 2. The van der Waals surface area contributed by atoms with E-state index in [4.69, 9.17) is 0 Å². The molecule has 1 N–H and O–H groups in total. The molecule has 2 aliphatic rings. The van der Waals surface area contributed by atoms with E-state index in [1.165, 1.54) is 38.8 Å². The van der Waals surface area contributed by atoms with E-state index in [1.807, 2.05) is 0 Å². The minimum Gasteiger partial charge on any atom is -0.389 e. The predicted molar refractivity (Wildman–Crippen MR) is 58.3 cm³/mol. The molecule has 1 atom stereocenters. The molecule has 0 bridgehead atoms. The second-order valence-corrected chi connectivity index (χ2v) is 5.41. The highest BCUT2D eigenvalue weighted by Gasteiger charge is 2.33. The highest BCUT2D eigenvalue weighted by molar-refractivity contribution is 4.88. The fraction of sp³-hybridized carbons (Fsp3) is 1.00. The highest BCUT2D eigenvalue weighted by atomic mass is 16.3. The molecule has 0 spiro atoms. The lowest BCUT2D eigenvalue weighted by Gasteiger charge is -2.36. The lowest BCUT2D eigenvalue weighted by molar-refractivity contribution is -0.000980. The van der Waals surface area contributed by atoms with Crippen LogP contribution in [0.25, 0.3) is 0 Å². The van der Waals surface area contributed by atoms with Crippen molar-refractivity contribution in [2.24, 2.45) is 5.92 Å². The van der Waals surface area contributed by atoms with Crippen LogP contribution in [-0.2, 0) is 0 Å². The van der Waals surface area contributed by atoms with Crippen LogP contribution in [0, 0.1) is 5.92 Å². The maximum absolute atomic E-state index is 10.3. The molecular weight excluding hydrogens is 174 g/mol. The normalized spacial score (nSPS) is 33.4. The fourth-order valence-corrected chi connectivity index (χ4v) is 3.04. The van der Waals surface area contributed by atoms with Gasteiger partial charge in [-0.2, -0.15) is 0 Å². The van der Waals surface area contributed by atoms with Crippen molar-refractivity contribution in [3.63, 3.8) is 0 Å². The van der Waals surface area contributed by atoms with Gasteiger partial charge >= 0.3 is 0 Å². The van der Waals surface area contributed by atoms with E-state index >= 15 is 0 Å². The monoisotopic (exact) mass is 197 g/mol.